The standard InChI is InChI=1S/C30H23N9/c1-2-5-19(6-3-1)13-32-14-20-11-22(17-33-15-20)23-12-24-27(38-39-29(24)35-18-23)30-36-25-8-10-34-26(28(25)37-30)21-7-4-9-31-16-21/h1-12,15-18,32H,13-14H2,(H,36,37)(H,35,38,39). The number of nitrogens with zero attached hydrogens (tertiary/aromatic N) is 6. The second-order valence-electron chi connectivity index (χ2n) is 9.25. The molecule has 6 heterocycles. The number of fused-ring (bicyclic) bond motifs is 2. The highest BCUT2D eigenvalue weighted by Crippen LogP contribution is 2.31. The fraction of sp³-hybridized carbons (Fsp3) is 0.0667. The molecule has 0 unspecified atom stereocenters. The Morgan fingerprint density at radius 3 is 2.46 bits per heavy atom. The molecule has 0 fully saturated rings. The van der Waals surface area contributed by atoms with Gasteiger partial charge in [-0.05, 0) is 41.5 Å². The Balaban J connectivity index is 1.20. The summed E-state index contributed by atoms with van der Waals surface area (Å²) in [6.07, 6.45) is 10.9. The van der Waals surface area contributed by atoms with Crippen LogP contribution in [0.25, 0.3) is 56.0 Å². The zero-order chi connectivity index (χ0) is 26.0. The monoisotopic (exact) mass is 509 g/mol. The Bertz CT molecular complexity index is 1890. The van der Waals surface area contributed by atoms with Gasteiger partial charge in [0.05, 0.1) is 16.6 Å². The number of aromatic nitrogens is 8. The van der Waals surface area contributed by atoms with Gasteiger partial charge in [0.25, 0.3) is 0 Å². The molecule has 0 aliphatic heterocycles. The number of hydrogen-bond acceptors (Lipinski definition) is 7. The van der Waals surface area contributed by atoms with Crippen LogP contribution in [-0.2, 0) is 13.1 Å². The average Bonchev–Trinajstić information content (AvgIpc) is 3.62. The van der Waals surface area contributed by atoms with Gasteiger partial charge in [-0.2, -0.15) is 5.10 Å². The van der Waals surface area contributed by atoms with Crippen LogP contribution in [0.4, 0.5) is 0 Å². The summed E-state index contributed by atoms with van der Waals surface area (Å²) in [5.74, 6) is 0.644. The zero-order valence-electron chi connectivity index (χ0n) is 20.8. The van der Waals surface area contributed by atoms with Crippen molar-refractivity contribution in [1.29, 1.82) is 0 Å². The van der Waals surface area contributed by atoms with Gasteiger partial charge in [-0.25, -0.2) is 9.97 Å². The second-order valence-corrected chi connectivity index (χ2v) is 9.25. The molecule has 0 radical (unpaired) electrons. The number of hydrogen-bond donors (Lipinski definition) is 3. The van der Waals surface area contributed by atoms with Gasteiger partial charge in [-0.15, -0.1) is 0 Å². The number of H-pyrrole nitrogens is 2. The quantitative estimate of drug-likeness (QED) is 0.266. The summed E-state index contributed by atoms with van der Waals surface area (Å²) in [5.41, 5.74) is 8.99. The van der Waals surface area contributed by atoms with E-state index in [-0.39, 0.29) is 0 Å². The summed E-state index contributed by atoms with van der Waals surface area (Å²) < 4.78 is 0. The van der Waals surface area contributed by atoms with Gasteiger partial charge in [0.15, 0.2) is 11.5 Å². The van der Waals surface area contributed by atoms with E-state index in [1.165, 1.54) is 5.56 Å². The Labute approximate surface area is 223 Å². The number of nitrogens with one attached hydrogen (secondary N) is 3. The molecule has 0 saturated heterocycles. The van der Waals surface area contributed by atoms with Crippen LogP contribution in [0.2, 0.25) is 0 Å². The van der Waals surface area contributed by atoms with Gasteiger partial charge < -0.3 is 10.3 Å². The molecule has 0 saturated carbocycles. The maximum absolute atomic E-state index is 4.88. The topological polar surface area (TPSA) is 121 Å². The highest BCUT2D eigenvalue weighted by molar-refractivity contribution is 5.96. The average molecular weight is 510 g/mol. The lowest BCUT2D eigenvalue weighted by molar-refractivity contribution is 0.691. The Morgan fingerprint density at radius 1 is 0.692 bits per heavy atom. The minimum absolute atomic E-state index is 0.644. The van der Waals surface area contributed by atoms with E-state index in [2.05, 4.69) is 64.7 Å². The van der Waals surface area contributed by atoms with Crippen LogP contribution >= 0.6 is 0 Å². The maximum atomic E-state index is 4.88. The SMILES string of the molecule is c1ccc(CNCc2cncc(-c3cnc4[nH]nc(-c5nc6c(-c7cccnc7)nccc6[nH]5)c4c3)c2)cc1. The normalized spacial score (nSPS) is 11.4. The van der Waals surface area contributed by atoms with E-state index in [1.54, 1.807) is 18.6 Å². The molecule has 3 N–H and O–H groups in total. The van der Waals surface area contributed by atoms with Crippen LogP contribution in [0.15, 0.2) is 97.8 Å². The molecule has 9 heteroatoms. The van der Waals surface area contributed by atoms with Gasteiger partial charge in [0, 0.05) is 67.0 Å². The van der Waals surface area contributed by atoms with E-state index in [9.17, 15) is 0 Å². The number of imidazole rings is 1. The summed E-state index contributed by atoms with van der Waals surface area (Å²) in [4.78, 5) is 26.2. The molecule has 1 aromatic carbocycles. The number of rotatable bonds is 7. The van der Waals surface area contributed by atoms with Crippen LogP contribution in [0, 0.1) is 0 Å². The largest absolute Gasteiger partial charge is 0.336 e. The first-order valence-corrected chi connectivity index (χ1v) is 12.6. The predicted molar refractivity (Wildman–Crippen MR) is 150 cm³/mol. The van der Waals surface area contributed by atoms with Gasteiger partial charge in [-0.1, -0.05) is 30.3 Å². The first kappa shape index (κ1) is 22.9. The molecule has 188 valence electrons. The van der Waals surface area contributed by atoms with Crippen molar-refractivity contribution in [3.05, 3.63) is 109 Å². The molecule has 0 spiro atoms. The molecule has 0 atom stereocenters. The van der Waals surface area contributed by atoms with E-state index in [0.29, 0.717) is 23.7 Å². The smallest absolute Gasteiger partial charge is 0.159 e. The van der Waals surface area contributed by atoms with Crippen LogP contribution in [0.5, 0.6) is 0 Å². The molecule has 7 aromatic rings. The van der Waals surface area contributed by atoms with E-state index in [4.69, 9.17) is 4.98 Å². The predicted octanol–water partition coefficient (Wildman–Crippen LogP) is 5.31. The fourth-order valence-corrected chi connectivity index (χ4v) is 4.69. The first-order valence-electron chi connectivity index (χ1n) is 12.6. The maximum Gasteiger partial charge on any atom is 0.159 e. The molecule has 0 aliphatic carbocycles. The summed E-state index contributed by atoms with van der Waals surface area (Å²) in [7, 11) is 0. The highest BCUT2D eigenvalue weighted by Gasteiger charge is 2.17. The minimum atomic E-state index is 0.644. The summed E-state index contributed by atoms with van der Waals surface area (Å²) >= 11 is 0. The summed E-state index contributed by atoms with van der Waals surface area (Å²) in [6.45, 7) is 1.52. The van der Waals surface area contributed by atoms with E-state index >= 15 is 0 Å². The molecular formula is C30H23N9. The van der Waals surface area contributed by atoms with Crippen LogP contribution in [-0.4, -0.2) is 40.1 Å². The molecule has 0 aliphatic rings. The summed E-state index contributed by atoms with van der Waals surface area (Å²) in [6, 6.07) is 20.3. The van der Waals surface area contributed by atoms with Gasteiger partial charge >= 0.3 is 0 Å². The van der Waals surface area contributed by atoms with Crippen LogP contribution in [0.1, 0.15) is 11.1 Å². The fourth-order valence-electron chi connectivity index (χ4n) is 4.69. The van der Waals surface area contributed by atoms with Crippen LogP contribution < -0.4 is 5.32 Å². The van der Waals surface area contributed by atoms with Crippen molar-refractivity contribution in [1.82, 2.24) is 45.4 Å². The summed E-state index contributed by atoms with van der Waals surface area (Å²) in [5, 5.41) is 11.9. The van der Waals surface area contributed by atoms with Crippen molar-refractivity contribution in [3.63, 3.8) is 0 Å². The van der Waals surface area contributed by atoms with Crippen molar-refractivity contribution in [3.8, 4) is 33.9 Å². The lowest BCUT2D eigenvalue weighted by atomic mass is 10.1. The molecule has 9 nitrogen and oxygen atoms in total. The molecule has 39 heavy (non-hydrogen) atoms. The Morgan fingerprint density at radius 2 is 1.56 bits per heavy atom. The van der Waals surface area contributed by atoms with Crippen molar-refractivity contribution >= 4 is 22.1 Å². The van der Waals surface area contributed by atoms with Crippen LogP contribution in [0.3, 0.4) is 0 Å². The minimum Gasteiger partial charge on any atom is -0.336 e. The lowest BCUT2D eigenvalue weighted by Crippen LogP contribution is -2.12. The Hall–Kier alpha value is -5.28. The molecule has 0 amide bonds. The second kappa shape index (κ2) is 9.88. The number of aromatic amines is 2. The highest BCUT2D eigenvalue weighted by atomic mass is 15.2. The van der Waals surface area contributed by atoms with Gasteiger partial charge in [0.1, 0.15) is 11.2 Å². The molecule has 6 aromatic heterocycles. The number of pyridine rings is 4. The molecular weight excluding hydrogens is 486 g/mol. The van der Waals surface area contributed by atoms with E-state index in [0.717, 1.165) is 50.9 Å². The molecule has 0 bridgehead atoms. The van der Waals surface area contributed by atoms with Crippen molar-refractivity contribution in [2.45, 2.75) is 13.1 Å². The van der Waals surface area contributed by atoms with Gasteiger partial charge in [-0.3, -0.25) is 20.1 Å². The first-order chi connectivity index (χ1) is 19.3. The molecule has 7 rings (SSSR count). The Kier molecular flexibility index (Phi) is 5.80. The third-order valence-electron chi connectivity index (χ3n) is 6.61. The van der Waals surface area contributed by atoms with E-state index < -0.39 is 0 Å². The number of benzene rings is 1. The van der Waals surface area contributed by atoms with Crippen molar-refractivity contribution in [2.24, 2.45) is 0 Å². The lowest BCUT2D eigenvalue weighted by Gasteiger charge is -2.07. The van der Waals surface area contributed by atoms with E-state index in [1.807, 2.05) is 55.0 Å². The van der Waals surface area contributed by atoms with Gasteiger partial charge in [0.2, 0.25) is 0 Å². The third-order valence-corrected chi connectivity index (χ3v) is 6.61. The third kappa shape index (κ3) is 4.51. The zero-order valence-corrected chi connectivity index (χ0v) is 20.8. The van der Waals surface area contributed by atoms with Crippen molar-refractivity contribution < 1.29 is 0 Å². The van der Waals surface area contributed by atoms with Crippen molar-refractivity contribution in [2.75, 3.05) is 0 Å².